The van der Waals surface area contributed by atoms with Gasteiger partial charge >= 0.3 is 0 Å². The second-order valence-electron chi connectivity index (χ2n) is 4.46. The Labute approximate surface area is 110 Å². The van der Waals surface area contributed by atoms with Gasteiger partial charge in [0.25, 0.3) is 0 Å². The van der Waals surface area contributed by atoms with Crippen molar-refractivity contribution in [3.63, 3.8) is 0 Å². The lowest BCUT2D eigenvalue weighted by atomic mass is 10.1. The molecule has 1 rings (SSSR count). The van der Waals surface area contributed by atoms with E-state index < -0.39 is 0 Å². The summed E-state index contributed by atoms with van der Waals surface area (Å²) in [6, 6.07) is 6.86. The van der Waals surface area contributed by atoms with E-state index in [0.29, 0.717) is 12.2 Å². The van der Waals surface area contributed by atoms with Crippen LogP contribution in [0.3, 0.4) is 0 Å². The van der Waals surface area contributed by atoms with Crippen molar-refractivity contribution in [2.45, 2.75) is 39.2 Å². The molecule has 0 aromatic heterocycles. The number of hydrogen-bond acceptors (Lipinski definition) is 2. The fourth-order valence-electron chi connectivity index (χ4n) is 1.78. The molecular weight excluding hydrogens is 229 g/mol. The molecule has 0 aliphatic carbocycles. The lowest BCUT2D eigenvalue weighted by molar-refractivity contribution is 0.108. The molecule has 0 radical (unpaired) electrons. The highest BCUT2D eigenvalue weighted by Gasteiger charge is 2.14. The summed E-state index contributed by atoms with van der Waals surface area (Å²) < 4.78 is 19.4. The average Bonchev–Trinajstić information content (AvgIpc) is 2.39. The minimum atomic E-state index is -0.162. The molecule has 0 saturated carbocycles. The number of hydrogen-bond donors (Lipinski definition) is 1. The molecule has 0 aliphatic heterocycles. The number of benzene rings is 1. The van der Waals surface area contributed by atoms with Gasteiger partial charge in [0.05, 0.1) is 12.6 Å². The average molecular weight is 253 g/mol. The second kappa shape index (κ2) is 9.06. The zero-order valence-corrected chi connectivity index (χ0v) is 11.4. The molecule has 102 valence electrons. The Morgan fingerprint density at radius 1 is 1.22 bits per heavy atom. The Balaban J connectivity index is 2.57. The molecule has 1 aromatic rings. The van der Waals surface area contributed by atoms with Gasteiger partial charge in [-0.15, -0.1) is 0 Å². The van der Waals surface area contributed by atoms with Crippen molar-refractivity contribution in [2.75, 3.05) is 19.8 Å². The zero-order chi connectivity index (χ0) is 13.2. The summed E-state index contributed by atoms with van der Waals surface area (Å²) in [5.74, 6) is -0.162. The molecule has 1 atom stereocenters. The maximum Gasteiger partial charge on any atom is 0.128 e. The fourth-order valence-corrected chi connectivity index (χ4v) is 1.78. The lowest BCUT2D eigenvalue weighted by Gasteiger charge is -2.19. The van der Waals surface area contributed by atoms with Gasteiger partial charge in [-0.3, -0.25) is 0 Å². The van der Waals surface area contributed by atoms with Gasteiger partial charge in [-0.25, -0.2) is 4.39 Å². The summed E-state index contributed by atoms with van der Waals surface area (Å²) >= 11 is 0. The molecule has 1 aromatic carbocycles. The smallest absolute Gasteiger partial charge is 0.128 e. The summed E-state index contributed by atoms with van der Waals surface area (Å²) in [6.45, 7) is 6.38. The molecular formula is C15H24FNO. The molecule has 18 heavy (non-hydrogen) atoms. The quantitative estimate of drug-likeness (QED) is 0.678. The molecule has 0 amide bonds. The number of ether oxygens (including phenoxy) is 1. The van der Waals surface area contributed by atoms with E-state index in [9.17, 15) is 4.39 Å². The standard InChI is InChI=1S/C15H24FNO/c1-3-5-11-18-12-15(17-10-4-2)13-8-6-7-9-14(13)16/h6-9,15,17H,3-5,10-12H2,1-2H3. The monoisotopic (exact) mass is 253 g/mol. The lowest BCUT2D eigenvalue weighted by Crippen LogP contribution is -2.27. The summed E-state index contributed by atoms with van der Waals surface area (Å²) in [5, 5.41) is 3.34. The van der Waals surface area contributed by atoms with Gasteiger partial charge < -0.3 is 10.1 Å². The third-order valence-electron chi connectivity index (χ3n) is 2.85. The largest absolute Gasteiger partial charge is 0.379 e. The minimum absolute atomic E-state index is 0.0528. The molecule has 0 heterocycles. The van der Waals surface area contributed by atoms with E-state index in [4.69, 9.17) is 4.74 Å². The number of rotatable bonds is 9. The minimum Gasteiger partial charge on any atom is -0.379 e. The van der Waals surface area contributed by atoms with Crippen molar-refractivity contribution in [1.82, 2.24) is 5.32 Å². The molecule has 0 bridgehead atoms. The molecule has 1 unspecified atom stereocenters. The van der Waals surface area contributed by atoms with Gasteiger partial charge in [0.1, 0.15) is 5.82 Å². The highest BCUT2D eigenvalue weighted by molar-refractivity contribution is 5.21. The first-order valence-electron chi connectivity index (χ1n) is 6.85. The highest BCUT2D eigenvalue weighted by atomic mass is 19.1. The molecule has 0 saturated heterocycles. The molecule has 0 aliphatic rings. The van der Waals surface area contributed by atoms with Crippen molar-refractivity contribution < 1.29 is 9.13 Å². The third kappa shape index (κ3) is 5.15. The van der Waals surface area contributed by atoms with Gasteiger partial charge in [0.2, 0.25) is 0 Å². The Morgan fingerprint density at radius 2 is 2.00 bits per heavy atom. The zero-order valence-electron chi connectivity index (χ0n) is 11.4. The van der Waals surface area contributed by atoms with Crippen molar-refractivity contribution in [3.05, 3.63) is 35.6 Å². The summed E-state index contributed by atoms with van der Waals surface area (Å²) in [6.07, 6.45) is 3.20. The van der Waals surface area contributed by atoms with Crippen LogP contribution in [0.5, 0.6) is 0 Å². The van der Waals surface area contributed by atoms with E-state index >= 15 is 0 Å². The van der Waals surface area contributed by atoms with Crippen LogP contribution in [-0.2, 0) is 4.74 Å². The molecule has 2 nitrogen and oxygen atoms in total. The van der Waals surface area contributed by atoms with Crippen molar-refractivity contribution in [2.24, 2.45) is 0 Å². The van der Waals surface area contributed by atoms with E-state index in [0.717, 1.165) is 32.4 Å². The van der Waals surface area contributed by atoms with Crippen molar-refractivity contribution >= 4 is 0 Å². The van der Waals surface area contributed by atoms with Crippen LogP contribution in [0.15, 0.2) is 24.3 Å². The van der Waals surface area contributed by atoms with Crippen LogP contribution in [0.1, 0.15) is 44.7 Å². The van der Waals surface area contributed by atoms with Crippen LogP contribution in [-0.4, -0.2) is 19.8 Å². The predicted octanol–water partition coefficient (Wildman–Crippen LogP) is 3.68. The predicted molar refractivity (Wildman–Crippen MR) is 73.2 cm³/mol. The van der Waals surface area contributed by atoms with Crippen molar-refractivity contribution in [3.8, 4) is 0 Å². The number of nitrogens with one attached hydrogen (secondary N) is 1. The van der Waals surface area contributed by atoms with Crippen LogP contribution in [0.25, 0.3) is 0 Å². The fraction of sp³-hybridized carbons (Fsp3) is 0.600. The van der Waals surface area contributed by atoms with Crippen LogP contribution in [0.2, 0.25) is 0 Å². The summed E-state index contributed by atoms with van der Waals surface area (Å²) in [7, 11) is 0. The Kier molecular flexibility index (Phi) is 7.62. The molecule has 1 N–H and O–H groups in total. The summed E-state index contributed by atoms with van der Waals surface area (Å²) in [4.78, 5) is 0. The van der Waals surface area contributed by atoms with Gasteiger partial charge in [0.15, 0.2) is 0 Å². The van der Waals surface area contributed by atoms with Crippen LogP contribution in [0, 0.1) is 5.82 Å². The van der Waals surface area contributed by atoms with E-state index in [1.807, 2.05) is 12.1 Å². The number of halogens is 1. The van der Waals surface area contributed by atoms with Gasteiger partial charge in [-0.1, -0.05) is 38.5 Å². The summed E-state index contributed by atoms with van der Waals surface area (Å²) in [5.41, 5.74) is 0.697. The Bertz CT molecular complexity index is 330. The maximum atomic E-state index is 13.7. The van der Waals surface area contributed by atoms with E-state index in [-0.39, 0.29) is 11.9 Å². The maximum absolute atomic E-state index is 13.7. The molecule has 0 fully saturated rings. The number of unbranched alkanes of at least 4 members (excludes halogenated alkanes) is 1. The van der Waals surface area contributed by atoms with E-state index in [1.54, 1.807) is 6.07 Å². The van der Waals surface area contributed by atoms with Gasteiger partial charge in [-0.2, -0.15) is 0 Å². The molecule has 0 spiro atoms. The Hall–Kier alpha value is -0.930. The third-order valence-corrected chi connectivity index (χ3v) is 2.85. The van der Waals surface area contributed by atoms with Crippen LogP contribution < -0.4 is 5.32 Å². The second-order valence-corrected chi connectivity index (χ2v) is 4.46. The first kappa shape index (κ1) is 15.1. The normalized spacial score (nSPS) is 12.6. The molecule has 3 heteroatoms. The first-order valence-corrected chi connectivity index (χ1v) is 6.85. The van der Waals surface area contributed by atoms with Gasteiger partial charge in [-0.05, 0) is 25.5 Å². The highest BCUT2D eigenvalue weighted by Crippen LogP contribution is 2.17. The SMILES string of the molecule is CCCCOCC(NCCC)c1ccccc1F. The van der Waals surface area contributed by atoms with Crippen LogP contribution in [0.4, 0.5) is 4.39 Å². The first-order chi connectivity index (χ1) is 8.79. The van der Waals surface area contributed by atoms with E-state index in [1.165, 1.54) is 6.07 Å². The van der Waals surface area contributed by atoms with Gasteiger partial charge in [0, 0.05) is 12.2 Å². The van der Waals surface area contributed by atoms with E-state index in [2.05, 4.69) is 19.2 Å². The topological polar surface area (TPSA) is 21.3 Å². The van der Waals surface area contributed by atoms with Crippen molar-refractivity contribution in [1.29, 1.82) is 0 Å². The van der Waals surface area contributed by atoms with Crippen LogP contribution >= 0.6 is 0 Å². The Morgan fingerprint density at radius 3 is 2.67 bits per heavy atom.